The first-order chi connectivity index (χ1) is 6.65. The zero-order valence-corrected chi connectivity index (χ0v) is 8.79. The molecule has 0 aromatic rings. The molecule has 1 aliphatic heterocycles. The molecule has 14 heavy (non-hydrogen) atoms. The average molecular weight is 195 g/mol. The van der Waals surface area contributed by atoms with Crippen LogP contribution in [-0.2, 0) is 4.79 Å². The number of rotatable bonds is 4. The Labute approximate surface area is 85.1 Å². The predicted octanol–water partition coefficient (Wildman–Crippen LogP) is 1.05. The molecule has 0 aliphatic carbocycles. The lowest BCUT2D eigenvalue weighted by molar-refractivity contribution is -0.145. The molecular formula is C11H17NO2. The molecule has 1 rings (SSSR count). The molecule has 1 saturated heterocycles. The fraction of sp³-hybridized carbons (Fsp3) is 0.727. The molecule has 1 unspecified atom stereocenters. The van der Waals surface area contributed by atoms with Crippen LogP contribution in [0.3, 0.4) is 0 Å². The third kappa shape index (κ3) is 2.74. The quantitative estimate of drug-likeness (QED) is 0.682. The van der Waals surface area contributed by atoms with E-state index in [1.165, 1.54) is 0 Å². The highest BCUT2D eigenvalue weighted by Crippen LogP contribution is 2.23. The maximum absolute atomic E-state index is 10.7. The molecule has 1 aliphatic rings. The average Bonchev–Trinajstić information content (AvgIpc) is 2.08. The van der Waals surface area contributed by atoms with Crippen LogP contribution in [0, 0.1) is 23.7 Å². The van der Waals surface area contributed by atoms with E-state index in [0.29, 0.717) is 5.92 Å². The van der Waals surface area contributed by atoms with Crippen LogP contribution in [0.2, 0.25) is 0 Å². The van der Waals surface area contributed by atoms with Crippen molar-refractivity contribution < 1.29 is 9.90 Å². The molecular weight excluding hydrogens is 178 g/mol. The third-order valence-corrected chi connectivity index (χ3v) is 2.81. The number of hydrogen-bond donors (Lipinski definition) is 1. The van der Waals surface area contributed by atoms with Gasteiger partial charge in [-0.25, -0.2) is 0 Å². The van der Waals surface area contributed by atoms with E-state index in [-0.39, 0.29) is 5.92 Å². The van der Waals surface area contributed by atoms with Crippen LogP contribution in [-0.4, -0.2) is 35.6 Å². The van der Waals surface area contributed by atoms with Crippen LogP contribution in [0.4, 0.5) is 0 Å². The predicted molar refractivity (Wildman–Crippen MR) is 54.8 cm³/mol. The van der Waals surface area contributed by atoms with Crippen LogP contribution >= 0.6 is 0 Å². The number of nitrogens with zero attached hydrogens (tertiary/aromatic N) is 1. The number of carbonyl (C=O) groups is 1. The monoisotopic (exact) mass is 195 g/mol. The molecule has 0 radical (unpaired) electrons. The van der Waals surface area contributed by atoms with Crippen LogP contribution in [0.25, 0.3) is 0 Å². The molecule has 0 aromatic carbocycles. The Morgan fingerprint density at radius 2 is 2.29 bits per heavy atom. The lowest BCUT2D eigenvalue weighted by atomic mass is 9.87. The summed E-state index contributed by atoms with van der Waals surface area (Å²) in [4.78, 5) is 12.9. The summed E-state index contributed by atoms with van der Waals surface area (Å²) in [6, 6.07) is 0. The highest BCUT2D eigenvalue weighted by atomic mass is 16.4. The highest BCUT2D eigenvalue weighted by Gasteiger charge is 2.33. The minimum atomic E-state index is -0.678. The lowest BCUT2D eigenvalue weighted by Gasteiger charge is -2.40. The number of likely N-dealkylation sites (tertiary alicyclic amines) is 1. The molecule has 0 aromatic heterocycles. The van der Waals surface area contributed by atoms with Crippen molar-refractivity contribution in [3.05, 3.63) is 0 Å². The van der Waals surface area contributed by atoms with Crippen molar-refractivity contribution in [1.29, 1.82) is 0 Å². The zero-order chi connectivity index (χ0) is 10.6. The Balaban J connectivity index is 2.16. The highest BCUT2D eigenvalue weighted by molar-refractivity contribution is 5.70. The van der Waals surface area contributed by atoms with Gasteiger partial charge in [-0.15, -0.1) is 11.8 Å². The van der Waals surface area contributed by atoms with Gasteiger partial charge in [-0.05, 0) is 12.8 Å². The van der Waals surface area contributed by atoms with Crippen molar-refractivity contribution in [3.8, 4) is 11.8 Å². The number of carboxylic acids is 1. The maximum atomic E-state index is 10.7. The van der Waals surface area contributed by atoms with Gasteiger partial charge < -0.3 is 10.0 Å². The first-order valence-electron chi connectivity index (χ1n) is 5.00. The molecule has 1 N–H and O–H groups in total. The van der Waals surface area contributed by atoms with Gasteiger partial charge in [0.1, 0.15) is 0 Å². The number of hydrogen-bond acceptors (Lipinski definition) is 2. The summed E-state index contributed by atoms with van der Waals surface area (Å²) in [6.45, 7) is 6.43. The second-order valence-corrected chi connectivity index (χ2v) is 3.82. The molecule has 0 saturated carbocycles. The Bertz CT molecular complexity index is 258. The van der Waals surface area contributed by atoms with Crippen molar-refractivity contribution in [1.82, 2.24) is 4.90 Å². The zero-order valence-electron chi connectivity index (χ0n) is 8.79. The Hall–Kier alpha value is -1.01. The van der Waals surface area contributed by atoms with Gasteiger partial charge >= 0.3 is 5.97 Å². The minimum absolute atomic E-state index is 0.205. The first kappa shape index (κ1) is 11.1. The van der Waals surface area contributed by atoms with E-state index in [1.54, 1.807) is 6.92 Å². The molecule has 0 bridgehead atoms. The molecule has 1 fully saturated rings. The van der Waals surface area contributed by atoms with Gasteiger partial charge in [0.2, 0.25) is 0 Å². The van der Waals surface area contributed by atoms with Crippen molar-refractivity contribution >= 4 is 5.97 Å². The summed E-state index contributed by atoms with van der Waals surface area (Å²) >= 11 is 0. The largest absolute Gasteiger partial charge is 0.481 e. The standard InChI is InChI=1S/C11H17NO2/c1-3-4-5-6-12-7-10(8-12)9(2)11(13)14/h9-10H,5-8H2,1-2H3,(H,13,14). The second-order valence-electron chi connectivity index (χ2n) is 3.82. The molecule has 0 spiro atoms. The summed E-state index contributed by atoms with van der Waals surface area (Å²) in [5.41, 5.74) is 0. The van der Waals surface area contributed by atoms with Crippen LogP contribution in [0.15, 0.2) is 0 Å². The van der Waals surface area contributed by atoms with Crippen molar-refractivity contribution in [2.45, 2.75) is 20.3 Å². The Morgan fingerprint density at radius 1 is 1.64 bits per heavy atom. The van der Waals surface area contributed by atoms with Crippen LogP contribution in [0.1, 0.15) is 20.3 Å². The molecule has 3 nitrogen and oxygen atoms in total. The van der Waals surface area contributed by atoms with Gasteiger partial charge in [0, 0.05) is 26.1 Å². The first-order valence-corrected chi connectivity index (χ1v) is 5.00. The van der Waals surface area contributed by atoms with Crippen molar-refractivity contribution in [2.75, 3.05) is 19.6 Å². The third-order valence-electron chi connectivity index (χ3n) is 2.81. The SMILES string of the molecule is CC#CCCN1CC(C(C)C(=O)O)C1. The van der Waals surface area contributed by atoms with Crippen LogP contribution in [0.5, 0.6) is 0 Å². The van der Waals surface area contributed by atoms with Gasteiger partial charge in [-0.3, -0.25) is 4.79 Å². The van der Waals surface area contributed by atoms with Gasteiger partial charge in [-0.2, -0.15) is 0 Å². The van der Waals surface area contributed by atoms with E-state index in [2.05, 4.69) is 16.7 Å². The second kappa shape index (κ2) is 5.02. The van der Waals surface area contributed by atoms with Gasteiger partial charge in [0.25, 0.3) is 0 Å². The van der Waals surface area contributed by atoms with Crippen molar-refractivity contribution in [3.63, 3.8) is 0 Å². The minimum Gasteiger partial charge on any atom is -0.481 e. The summed E-state index contributed by atoms with van der Waals surface area (Å²) < 4.78 is 0. The summed E-state index contributed by atoms with van der Waals surface area (Å²) in [5.74, 6) is 5.31. The Kier molecular flexibility index (Phi) is 3.97. The van der Waals surface area contributed by atoms with Crippen molar-refractivity contribution in [2.24, 2.45) is 11.8 Å². The van der Waals surface area contributed by atoms with Crippen LogP contribution < -0.4 is 0 Å². The fourth-order valence-electron chi connectivity index (χ4n) is 1.65. The van der Waals surface area contributed by atoms with Gasteiger partial charge in [-0.1, -0.05) is 6.92 Å². The number of aliphatic carboxylic acids is 1. The molecule has 3 heteroatoms. The number of carboxylic acid groups (broad SMARTS) is 1. The van der Waals surface area contributed by atoms with E-state index in [4.69, 9.17) is 5.11 Å². The maximum Gasteiger partial charge on any atom is 0.306 e. The summed E-state index contributed by atoms with van der Waals surface area (Å²) in [6.07, 6.45) is 0.894. The van der Waals surface area contributed by atoms with E-state index in [9.17, 15) is 4.79 Å². The normalized spacial score (nSPS) is 19.3. The van der Waals surface area contributed by atoms with E-state index >= 15 is 0 Å². The molecule has 1 atom stereocenters. The lowest BCUT2D eigenvalue weighted by Crippen LogP contribution is -2.51. The summed E-state index contributed by atoms with van der Waals surface area (Å²) in [5, 5.41) is 8.78. The summed E-state index contributed by atoms with van der Waals surface area (Å²) in [7, 11) is 0. The molecule has 1 heterocycles. The van der Waals surface area contributed by atoms with E-state index in [0.717, 1.165) is 26.1 Å². The van der Waals surface area contributed by atoms with E-state index < -0.39 is 5.97 Å². The van der Waals surface area contributed by atoms with Gasteiger partial charge in [0.05, 0.1) is 5.92 Å². The topological polar surface area (TPSA) is 40.5 Å². The van der Waals surface area contributed by atoms with Gasteiger partial charge in [0.15, 0.2) is 0 Å². The molecule has 0 amide bonds. The Morgan fingerprint density at radius 3 is 2.79 bits per heavy atom. The fourth-order valence-corrected chi connectivity index (χ4v) is 1.65. The van der Waals surface area contributed by atoms with E-state index in [1.807, 2.05) is 6.92 Å². The smallest absolute Gasteiger partial charge is 0.306 e. The molecule has 78 valence electrons.